The lowest BCUT2D eigenvalue weighted by atomic mass is 10.1. The van der Waals surface area contributed by atoms with Crippen molar-refractivity contribution < 1.29 is 9.18 Å². The molecule has 0 fully saturated rings. The first-order valence-electron chi connectivity index (χ1n) is 5.09. The average Bonchev–Trinajstić information content (AvgIpc) is 2.26. The quantitative estimate of drug-likeness (QED) is 0.749. The number of rotatable bonds is 3. The number of amides is 1. The second-order valence-corrected chi connectivity index (χ2v) is 3.68. The molecule has 0 aliphatic rings. The molecule has 3 heteroatoms. The number of hydrogen-bond acceptors (Lipinski definition) is 1. The van der Waals surface area contributed by atoms with Crippen LogP contribution in [0.5, 0.6) is 0 Å². The zero-order valence-corrected chi connectivity index (χ0v) is 9.33. The van der Waals surface area contributed by atoms with E-state index in [4.69, 9.17) is 0 Å². The molecule has 82 valence electrons. The van der Waals surface area contributed by atoms with E-state index in [2.05, 4.69) is 0 Å². The second kappa shape index (κ2) is 4.91. The Labute approximate surface area is 89.7 Å². The molecule has 0 spiro atoms. The van der Waals surface area contributed by atoms with E-state index >= 15 is 0 Å². The summed E-state index contributed by atoms with van der Waals surface area (Å²) in [6.45, 7) is 3.98. The summed E-state index contributed by atoms with van der Waals surface area (Å²) in [6, 6.07) is 5.94. The van der Waals surface area contributed by atoms with Crippen molar-refractivity contribution in [3.63, 3.8) is 0 Å². The SMILES string of the molecule is CCC(C)N(C)C(=O)c1cccc(F)c1. The van der Waals surface area contributed by atoms with E-state index in [1.54, 1.807) is 24.1 Å². The van der Waals surface area contributed by atoms with Gasteiger partial charge < -0.3 is 4.90 Å². The predicted molar refractivity (Wildman–Crippen MR) is 58.2 cm³/mol. The fourth-order valence-electron chi connectivity index (χ4n) is 1.30. The molecule has 1 unspecified atom stereocenters. The van der Waals surface area contributed by atoms with Crippen LogP contribution in [-0.4, -0.2) is 23.9 Å². The molecule has 1 aromatic rings. The molecule has 0 radical (unpaired) electrons. The Morgan fingerprint density at radius 3 is 2.73 bits per heavy atom. The van der Waals surface area contributed by atoms with Crippen LogP contribution in [0.4, 0.5) is 4.39 Å². The third-order valence-corrected chi connectivity index (χ3v) is 2.64. The highest BCUT2D eigenvalue weighted by atomic mass is 19.1. The summed E-state index contributed by atoms with van der Waals surface area (Å²) in [5.41, 5.74) is 0.401. The molecule has 2 nitrogen and oxygen atoms in total. The third kappa shape index (κ3) is 2.78. The van der Waals surface area contributed by atoms with Crippen molar-refractivity contribution in [3.8, 4) is 0 Å². The first kappa shape index (κ1) is 11.7. The van der Waals surface area contributed by atoms with Crippen LogP contribution in [0, 0.1) is 5.82 Å². The van der Waals surface area contributed by atoms with E-state index in [0.717, 1.165) is 6.42 Å². The van der Waals surface area contributed by atoms with Crippen LogP contribution < -0.4 is 0 Å². The largest absolute Gasteiger partial charge is 0.339 e. The first-order valence-corrected chi connectivity index (χ1v) is 5.09. The number of benzene rings is 1. The molecule has 0 saturated heterocycles. The number of halogens is 1. The van der Waals surface area contributed by atoms with Crippen molar-refractivity contribution in [1.29, 1.82) is 0 Å². The topological polar surface area (TPSA) is 20.3 Å². The Morgan fingerprint density at radius 2 is 2.20 bits per heavy atom. The van der Waals surface area contributed by atoms with Crippen molar-refractivity contribution in [1.82, 2.24) is 4.90 Å². The van der Waals surface area contributed by atoms with E-state index in [9.17, 15) is 9.18 Å². The Hall–Kier alpha value is -1.38. The number of carbonyl (C=O) groups excluding carboxylic acids is 1. The van der Waals surface area contributed by atoms with Crippen LogP contribution >= 0.6 is 0 Å². The van der Waals surface area contributed by atoms with Crippen LogP contribution in [0.1, 0.15) is 30.6 Å². The van der Waals surface area contributed by atoms with Gasteiger partial charge in [-0.25, -0.2) is 4.39 Å². The zero-order chi connectivity index (χ0) is 11.4. The lowest BCUT2D eigenvalue weighted by molar-refractivity contribution is 0.0740. The van der Waals surface area contributed by atoms with Gasteiger partial charge in [0.05, 0.1) is 0 Å². The van der Waals surface area contributed by atoms with Gasteiger partial charge in [-0.05, 0) is 31.5 Å². The summed E-state index contributed by atoms with van der Waals surface area (Å²) in [5, 5.41) is 0. The molecule has 1 rings (SSSR count). The smallest absolute Gasteiger partial charge is 0.253 e. The number of carbonyl (C=O) groups is 1. The van der Waals surface area contributed by atoms with E-state index < -0.39 is 0 Å². The molecular weight excluding hydrogens is 193 g/mol. The minimum Gasteiger partial charge on any atom is -0.339 e. The van der Waals surface area contributed by atoms with Crippen LogP contribution in [0.25, 0.3) is 0 Å². The van der Waals surface area contributed by atoms with Crippen LogP contribution in [-0.2, 0) is 0 Å². The molecule has 0 heterocycles. The predicted octanol–water partition coefficient (Wildman–Crippen LogP) is 2.70. The Morgan fingerprint density at radius 1 is 1.53 bits per heavy atom. The fraction of sp³-hybridized carbons (Fsp3) is 0.417. The zero-order valence-electron chi connectivity index (χ0n) is 9.33. The lowest BCUT2D eigenvalue weighted by Crippen LogP contribution is -2.34. The van der Waals surface area contributed by atoms with Crippen molar-refractivity contribution in [2.75, 3.05) is 7.05 Å². The maximum absolute atomic E-state index is 12.9. The molecule has 15 heavy (non-hydrogen) atoms. The van der Waals surface area contributed by atoms with Crippen molar-refractivity contribution in [2.45, 2.75) is 26.3 Å². The molecule has 0 aliphatic heterocycles. The second-order valence-electron chi connectivity index (χ2n) is 3.68. The summed E-state index contributed by atoms with van der Waals surface area (Å²) in [4.78, 5) is 13.5. The standard InChI is InChI=1S/C12H16FNO/c1-4-9(2)14(3)12(15)10-6-5-7-11(13)8-10/h5-9H,4H2,1-3H3. The monoisotopic (exact) mass is 209 g/mol. The first-order chi connectivity index (χ1) is 7.06. The van der Waals surface area contributed by atoms with Gasteiger partial charge in [-0.15, -0.1) is 0 Å². The molecule has 0 saturated carbocycles. The minimum absolute atomic E-state index is 0.135. The average molecular weight is 209 g/mol. The Bertz CT molecular complexity index is 351. The van der Waals surface area contributed by atoms with Gasteiger partial charge >= 0.3 is 0 Å². The summed E-state index contributed by atoms with van der Waals surface area (Å²) in [5.74, 6) is -0.512. The third-order valence-electron chi connectivity index (χ3n) is 2.64. The van der Waals surface area contributed by atoms with Crippen LogP contribution in [0.3, 0.4) is 0 Å². The van der Waals surface area contributed by atoms with Crippen molar-refractivity contribution >= 4 is 5.91 Å². The maximum Gasteiger partial charge on any atom is 0.253 e. The van der Waals surface area contributed by atoms with Crippen LogP contribution in [0.15, 0.2) is 24.3 Å². The van der Waals surface area contributed by atoms with Crippen LogP contribution in [0.2, 0.25) is 0 Å². The van der Waals surface area contributed by atoms with E-state index in [0.29, 0.717) is 5.56 Å². The summed E-state index contributed by atoms with van der Waals surface area (Å²) in [7, 11) is 1.74. The number of hydrogen-bond donors (Lipinski definition) is 0. The highest BCUT2D eigenvalue weighted by Crippen LogP contribution is 2.09. The molecule has 0 aromatic heterocycles. The van der Waals surface area contributed by atoms with E-state index in [1.807, 2.05) is 13.8 Å². The molecule has 0 N–H and O–H groups in total. The number of nitrogens with zero attached hydrogens (tertiary/aromatic N) is 1. The van der Waals surface area contributed by atoms with Gasteiger partial charge in [-0.1, -0.05) is 13.0 Å². The summed E-state index contributed by atoms with van der Waals surface area (Å²) < 4.78 is 12.9. The van der Waals surface area contributed by atoms with E-state index in [-0.39, 0.29) is 17.8 Å². The van der Waals surface area contributed by atoms with Crippen molar-refractivity contribution in [3.05, 3.63) is 35.6 Å². The highest BCUT2D eigenvalue weighted by molar-refractivity contribution is 5.94. The normalized spacial score (nSPS) is 12.3. The minimum atomic E-state index is -0.376. The molecule has 1 aromatic carbocycles. The fourth-order valence-corrected chi connectivity index (χ4v) is 1.30. The van der Waals surface area contributed by atoms with Gasteiger partial charge in [0, 0.05) is 18.7 Å². The van der Waals surface area contributed by atoms with Gasteiger partial charge in [-0.2, -0.15) is 0 Å². The molecule has 1 amide bonds. The van der Waals surface area contributed by atoms with Gasteiger partial charge in [0.1, 0.15) is 5.82 Å². The summed E-state index contributed by atoms with van der Waals surface area (Å²) >= 11 is 0. The molecule has 1 atom stereocenters. The molecule has 0 aliphatic carbocycles. The highest BCUT2D eigenvalue weighted by Gasteiger charge is 2.16. The van der Waals surface area contributed by atoms with Crippen molar-refractivity contribution in [2.24, 2.45) is 0 Å². The summed E-state index contributed by atoms with van der Waals surface area (Å²) in [6.07, 6.45) is 0.886. The van der Waals surface area contributed by atoms with Gasteiger partial charge in [0.25, 0.3) is 5.91 Å². The Balaban J connectivity index is 2.85. The van der Waals surface area contributed by atoms with E-state index in [1.165, 1.54) is 12.1 Å². The molecule has 0 bridgehead atoms. The van der Waals surface area contributed by atoms with Gasteiger partial charge in [-0.3, -0.25) is 4.79 Å². The van der Waals surface area contributed by atoms with Gasteiger partial charge in [0.15, 0.2) is 0 Å². The molecular formula is C12H16FNO. The lowest BCUT2D eigenvalue weighted by Gasteiger charge is -2.23. The maximum atomic E-state index is 12.9. The Kier molecular flexibility index (Phi) is 3.83. The van der Waals surface area contributed by atoms with Gasteiger partial charge in [0.2, 0.25) is 0 Å².